The smallest absolute Gasteiger partial charge is 0.135 e. The molecule has 1 saturated heterocycles. The van der Waals surface area contributed by atoms with Crippen molar-refractivity contribution in [1.29, 1.82) is 0 Å². The van der Waals surface area contributed by atoms with E-state index in [0.717, 1.165) is 19.4 Å². The maximum atomic E-state index is 6.65. The Morgan fingerprint density at radius 3 is 3.09 bits per heavy atom. The van der Waals surface area contributed by atoms with Crippen LogP contribution in [-0.2, 0) is 11.2 Å². The van der Waals surface area contributed by atoms with Crippen molar-refractivity contribution in [2.45, 2.75) is 44.6 Å². The van der Waals surface area contributed by atoms with Crippen LogP contribution in [0.2, 0.25) is 0 Å². The average molecular weight is 418 g/mol. The van der Waals surface area contributed by atoms with Gasteiger partial charge in [-0.1, -0.05) is 25.1 Å². The second kappa shape index (κ2) is 4.14. The van der Waals surface area contributed by atoms with Gasteiger partial charge in [-0.05, 0) is 47.1 Å². The first-order chi connectivity index (χ1) is 11.2. The van der Waals surface area contributed by atoms with Crippen LogP contribution in [0.25, 0.3) is 10.9 Å². The van der Waals surface area contributed by atoms with Gasteiger partial charge < -0.3 is 14.2 Å². The number of benzene rings is 1. The van der Waals surface area contributed by atoms with Crippen LogP contribution in [-0.4, -0.2) is 22.1 Å². The lowest BCUT2D eigenvalue weighted by atomic mass is 9.65. The van der Waals surface area contributed by atoms with Crippen molar-refractivity contribution in [3.63, 3.8) is 0 Å². The van der Waals surface area contributed by atoms with Crippen molar-refractivity contribution in [2.75, 3.05) is 6.54 Å². The summed E-state index contributed by atoms with van der Waals surface area (Å²) in [7, 11) is 0. The molecule has 118 valence electrons. The van der Waals surface area contributed by atoms with Crippen molar-refractivity contribution in [2.24, 2.45) is 5.41 Å². The molecule has 1 aromatic heterocycles. The molecule has 4 atom stereocenters. The third-order valence-electron chi connectivity index (χ3n) is 6.67. The molecule has 5 heterocycles. The van der Waals surface area contributed by atoms with Crippen molar-refractivity contribution < 1.29 is 4.74 Å². The van der Waals surface area contributed by atoms with E-state index in [4.69, 9.17) is 4.74 Å². The third kappa shape index (κ3) is 1.35. The normalized spacial score (nSPS) is 36.5. The maximum Gasteiger partial charge on any atom is 0.135 e. The van der Waals surface area contributed by atoms with Gasteiger partial charge in [0.25, 0.3) is 0 Å². The SMILES string of the molecule is CC[C@@]12C[C@H]3O[C@@H]1C(I)=CN1CCc4c(n3c3ccccc43)[C@@H]12. The molecule has 0 spiro atoms. The number of rotatable bonds is 1. The van der Waals surface area contributed by atoms with Gasteiger partial charge in [0.15, 0.2) is 0 Å². The zero-order chi connectivity index (χ0) is 15.3. The molecule has 0 radical (unpaired) electrons. The highest BCUT2D eigenvalue weighted by Gasteiger charge is 2.62. The van der Waals surface area contributed by atoms with E-state index in [9.17, 15) is 0 Å². The minimum Gasteiger partial charge on any atom is -0.367 e. The molecule has 4 heteroatoms. The molecule has 0 N–H and O–H groups in total. The number of aromatic nitrogens is 1. The first-order valence-electron chi connectivity index (χ1n) is 8.65. The van der Waals surface area contributed by atoms with E-state index in [0.29, 0.717) is 6.04 Å². The zero-order valence-electron chi connectivity index (χ0n) is 13.1. The van der Waals surface area contributed by atoms with Crippen molar-refractivity contribution >= 4 is 33.5 Å². The lowest BCUT2D eigenvalue weighted by Crippen LogP contribution is -2.51. The van der Waals surface area contributed by atoms with Gasteiger partial charge in [0.05, 0.1) is 11.6 Å². The van der Waals surface area contributed by atoms with Gasteiger partial charge >= 0.3 is 0 Å². The Morgan fingerprint density at radius 2 is 2.22 bits per heavy atom. The van der Waals surface area contributed by atoms with Gasteiger partial charge in [-0.25, -0.2) is 0 Å². The quantitative estimate of drug-likeness (QED) is 0.634. The summed E-state index contributed by atoms with van der Waals surface area (Å²) < 4.78 is 10.6. The Labute approximate surface area is 149 Å². The summed E-state index contributed by atoms with van der Waals surface area (Å²) in [6.45, 7) is 3.50. The Balaban J connectivity index is 1.76. The Hall–Kier alpha value is -1.01. The van der Waals surface area contributed by atoms with Gasteiger partial charge in [-0.3, -0.25) is 0 Å². The zero-order valence-corrected chi connectivity index (χ0v) is 15.3. The summed E-state index contributed by atoms with van der Waals surface area (Å²) in [5, 5.41) is 1.45. The Morgan fingerprint density at radius 1 is 1.35 bits per heavy atom. The molecular formula is C19H19IN2O. The van der Waals surface area contributed by atoms with Gasteiger partial charge in [0.1, 0.15) is 12.3 Å². The van der Waals surface area contributed by atoms with Crippen LogP contribution in [0, 0.1) is 5.41 Å². The second-order valence-corrected chi connectivity index (χ2v) is 8.66. The molecular weight excluding hydrogens is 399 g/mol. The van der Waals surface area contributed by atoms with Crippen LogP contribution in [0.5, 0.6) is 0 Å². The summed E-state index contributed by atoms with van der Waals surface area (Å²) in [5.74, 6) is 0. The molecule has 0 aliphatic carbocycles. The van der Waals surface area contributed by atoms with Crippen molar-refractivity contribution in [1.82, 2.24) is 9.47 Å². The van der Waals surface area contributed by atoms with E-state index in [1.54, 1.807) is 11.3 Å². The van der Waals surface area contributed by atoms with Crippen LogP contribution in [0.4, 0.5) is 0 Å². The number of para-hydroxylation sites is 1. The van der Waals surface area contributed by atoms with Gasteiger partial charge in [-0.2, -0.15) is 0 Å². The summed E-state index contributed by atoms with van der Waals surface area (Å²) in [4.78, 5) is 2.62. The standard InChI is InChI=1S/C19H19IN2O/c1-2-19-9-15-22-14-6-4-3-5-11(14)12-7-8-21(17(19)16(12)22)10-13(20)18(19)23-15/h3-6,10,15,17-18H,2,7-9H2,1H3/t15-,17-,18-,19+/m1/s1. The van der Waals surface area contributed by atoms with Crippen molar-refractivity contribution in [3.05, 3.63) is 45.3 Å². The van der Waals surface area contributed by atoms with E-state index in [1.165, 1.54) is 20.9 Å². The number of hydrogen-bond donors (Lipinski definition) is 0. The second-order valence-electron chi connectivity index (χ2n) is 7.42. The summed E-state index contributed by atoms with van der Waals surface area (Å²) >= 11 is 2.52. The fourth-order valence-electron chi connectivity index (χ4n) is 5.76. The van der Waals surface area contributed by atoms with Crippen molar-refractivity contribution in [3.8, 4) is 0 Å². The van der Waals surface area contributed by atoms with Crippen LogP contribution >= 0.6 is 22.6 Å². The molecule has 0 unspecified atom stereocenters. The predicted octanol–water partition coefficient (Wildman–Crippen LogP) is 4.53. The topological polar surface area (TPSA) is 17.4 Å². The lowest BCUT2D eigenvalue weighted by molar-refractivity contribution is -0.00480. The molecule has 0 amide bonds. The Bertz CT molecular complexity index is 885. The number of hydrogen-bond acceptors (Lipinski definition) is 2. The Kier molecular flexibility index (Phi) is 2.40. The molecule has 6 rings (SSSR count). The van der Waals surface area contributed by atoms with E-state index in [1.807, 2.05) is 0 Å². The number of halogens is 1. The van der Waals surface area contributed by atoms with E-state index in [-0.39, 0.29) is 17.7 Å². The highest BCUT2D eigenvalue weighted by Crippen LogP contribution is 2.66. The van der Waals surface area contributed by atoms with Crippen LogP contribution in [0.3, 0.4) is 0 Å². The summed E-state index contributed by atoms with van der Waals surface area (Å²) in [5.41, 5.74) is 4.77. The first-order valence-corrected chi connectivity index (χ1v) is 9.72. The minimum absolute atomic E-state index is 0.209. The molecule has 4 aliphatic heterocycles. The third-order valence-corrected chi connectivity index (χ3v) is 7.51. The first kappa shape index (κ1) is 13.3. The number of ether oxygens (including phenoxy) is 1. The van der Waals surface area contributed by atoms with Crippen LogP contribution in [0.1, 0.15) is 43.3 Å². The fraction of sp³-hybridized carbons (Fsp3) is 0.474. The highest BCUT2D eigenvalue weighted by molar-refractivity contribution is 14.1. The number of fused-ring (bicyclic) bond motifs is 5. The fourth-order valence-corrected chi connectivity index (χ4v) is 6.88. The van der Waals surface area contributed by atoms with E-state index in [2.05, 4.69) is 69.4 Å². The molecule has 1 aromatic carbocycles. The monoisotopic (exact) mass is 418 g/mol. The van der Waals surface area contributed by atoms with Gasteiger partial charge in [-0.15, -0.1) is 0 Å². The number of nitrogens with zero attached hydrogens (tertiary/aromatic N) is 2. The summed E-state index contributed by atoms with van der Waals surface area (Å²) in [6.07, 6.45) is 6.36. The average Bonchev–Trinajstić information content (AvgIpc) is 3.09. The molecule has 2 bridgehead atoms. The van der Waals surface area contributed by atoms with Gasteiger partial charge in [0, 0.05) is 39.2 Å². The molecule has 1 fully saturated rings. The molecule has 3 nitrogen and oxygen atoms in total. The summed E-state index contributed by atoms with van der Waals surface area (Å²) in [6, 6.07) is 9.42. The minimum atomic E-state index is 0.209. The molecule has 4 aliphatic rings. The molecule has 23 heavy (non-hydrogen) atoms. The van der Waals surface area contributed by atoms with E-state index >= 15 is 0 Å². The molecule has 2 aromatic rings. The predicted molar refractivity (Wildman–Crippen MR) is 98.4 cm³/mol. The van der Waals surface area contributed by atoms with Crippen LogP contribution in [0.15, 0.2) is 34.0 Å². The lowest BCUT2D eigenvalue weighted by Gasteiger charge is -2.52. The molecule has 0 saturated carbocycles. The van der Waals surface area contributed by atoms with E-state index < -0.39 is 0 Å². The maximum absolute atomic E-state index is 6.65. The van der Waals surface area contributed by atoms with Gasteiger partial charge in [0.2, 0.25) is 0 Å². The van der Waals surface area contributed by atoms with Crippen LogP contribution < -0.4 is 0 Å². The largest absolute Gasteiger partial charge is 0.367 e. The highest BCUT2D eigenvalue weighted by atomic mass is 127.